The summed E-state index contributed by atoms with van der Waals surface area (Å²) in [4.78, 5) is 27.8. The Morgan fingerprint density at radius 1 is 0.662 bits per heavy atom. The average Bonchev–Trinajstić information content (AvgIpc) is 3.90. The number of aromatic nitrogens is 7. The van der Waals surface area contributed by atoms with Crippen LogP contribution in [0.25, 0.3) is 84.1 Å². The molecule has 323 valence electrons. The number of fused-ring (bicyclic) bond motifs is 4. The van der Waals surface area contributed by atoms with Crippen LogP contribution in [0.5, 0.6) is 0 Å². The van der Waals surface area contributed by atoms with E-state index in [1.165, 1.54) is 22.3 Å². The molecule has 0 N–H and O–H groups in total. The van der Waals surface area contributed by atoms with Crippen LogP contribution in [0.2, 0.25) is 0 Å². The van der Waals surface area contributed by atoms with Crippen molar-refractivity contribution in [3.05, 3.63) is 175 Å². The summed E-state index contributed by atoms with van der Waals surface area (Å²) in [6, 6.07) is 53.7. The van der Waals surface area contributed by atoms with Gasteiger partial charge in [0, 0.05) is 42.8 Å². The van der Waals surface area contributed by atoms with Crippen LogP contribution in [0, 0.1) is 23.5 Å². The number of hydrogen-bond donors (Lipinski definition) is 0. The molecule has 0 unspecified atom stereocenters. The van der Waals surface area contributed by atoms with Gasteiger partial charge >= 0.3 is 0 Å². The van der Waals surface area contributed by atoms with Crippen molar-refractivity contribution in [2.45, 2.75) is 65.7 Å². The smallest absolute Gasteiger partial charge is 0.236 e. The third kappa shape index (κ3) is 8.86. The first kappa shape index (κ1) is 44.4. The summed E-state index contributed by atoms with van der Waals surface area (Å²) >= 11 is 0. The normalized spacial score (nSPS) is 11.4. The maximum atomic E-state index is 9.67. The van der Waals surface area contributed by atoms with E-state index in [4.69, 9.17) is 19.4 Å². The van der Waals surface area contributed by atoms with Crippen molar-refractivity contribution in [3.63, 3.8) is 0 Å². The molecule has 1 radical (unpaired) electrons. The van der Waals surface area contributed by atoms with Gasteiger partial charge in [0.05, 0.1) is 22.4 Å². The molecule has 10 rings (SSSR count). The Kier molecular flexibility index (Phi) is 12.6. The topological polar surface area (TPSA) is 119 Å². The van der Waals surface area contributed by atoms with Gasteiger partial charge in [-0.05, 0) is 82.2 Å². The van der Waals surface area contributed by atoms with Gasteiger partial charge in [-0.3, -0.25) is 4.98 Å². The number of imidazole rings is 1. The summed E-state index contributed by atoms with van der Waals surface area (Å²) < 4.78 is 8.94. The van der Waals surface area contributed by atoms with E-state index in [1.807, 2.05) is 93.6 Å². The third-order valence-electron chi connectivity index (χ3n) is 11.1. The van der Waals surface area contributed by atoms with Crippen LogP contribution in [-0.4, -0.2) is 34.5 Å². The molecule has 0 aliphatic rings. The molecule has 65 heavy (non-hydrogen) atoms. The van der Waals surface area contributed by atoms with Crippen molar-refractivity contribution in [2.75, 3.05) is 0 Å². The number of nitriles is 1. The molecule has 5 aromatic carbocycles. The second-order valence-corrected chi connectivity index (χ2v) is 17.3. The first-order valence-corrected chi connectivity index (χ1v) is 21.5. The number of furan rings is 1. The average molecular weight is 1030 g/mol. The van der Waals surface area contributed by atoms with E-state index in [-0.39, 0.29) is 43.2 Å². The zero-order chi connectivity index (χ0) is 44.5. The van der Waals surface area contributed by atoms with Gasteiger partial charge in [0.1, 0.15) is 17.6 Å². The number of para-hydroxylation sites is 2. The van der Waals surface area contributed by atoms with Crippen LogP contribution in [0.1, 0.15) is 83.1 Å². The fourth-order valence-corrected chi connectivity index (χ4v) is 7.90. The first-order valence-electron chi connectivity index (χ1n) is 21.5. The van der Waals surface area contributed by atoms with Crippen LogP contribution in [0.3, 0.4) is 0 Å². The van der Waals surface area contributed by atoms with Gasteiger partial charge in [0.25, 0.3) is 0 Å². The minimum absolute atomic E-state index is 0. The molecular weight excluding hydrogens is 981 g/mol. The van der Waals surface area contributed by atoms with Gasteiger partial charge in [-0.2, -0.15) is 10.2 Å². The van der Waals surface area contributed by atoms with E-state index >= 15 is 0 Å². The van der Waals surface area contributed by atoms with E-state index in [0.717, 1.165) is 50.1 Å². The first-order chi connectivity index (χ1) is 31.0. The molecule has 9 nitrogen and oxygen atoms in total. The number of benzene rings is 5. The van der Waals surface area contributed by atoms with Crippen molar-refractivity contribution in [2.24, 2.45) is 0 Å². The van der Waals surface area contributed by atoms with E-state index < -0.39 is 0 Å². The number of pyridine rings is 2. The predicted octanol–water partition coefficient (Wildman–Crippen LogP) is 13.3. The van der Waals surface area contributed by atoms with Crippen molar-refractivity contribution in [3.8, 4) is 57.0 Å². The molecule has 0 spiro atoms. The molecule has 0 atom stereocenters. The van der Waals surface area contributed by atoms with E-state index in [2.05, 4.69) is 126 Å². The van der Waals surface area contributed by atoms with E-state index in [9.17, 15) is 5.26 Å². The molecule has 5 aromatic heterocycles. The van der Waals surface area contributed by atoms with Gasteiger partial charge in [-0.1, -0.05) is 114 Å². The van der Waals surface area contributed by atoms with Crippen LogP contribution < -0.4 is 0 Å². The summed E-state index contributed by atoms with van der Waals surface area (Å²) in [7, 11) is 0. The minimum atomic E-state index is -0.379. The Bertz CT molecular complexity index is 3260. The maximum Gasteiger partial charge on any atom is 0.236 e. The Morgan fingerprint density at radius 3 is 2.06 bits per heavy atom. The van der Waals surface area contributed by atoms with Crippen LogP contribution in [-0.2, 0) is 25.5 Å². The second-order valence-electron chi connectivity index (χ2n) is 17.3. The molecular formula is C55H46IrN8O-2. The van der Waals surface area contributed by atoms with Gasteiger partial charge in [0.15, 0.2) is 5.82 Å². The molecule has 0 aliphatic heterocycles. The number of hydrogen-bond acceptors (Lipinski definition) is 8. The van der Waals surface area contributed by atoms with Gasteiger partial charge < -0.3 is 14.0 Å². The van der Waals surface area contributed by atoms with Crippen molar-refractivity contribution < 1.29 is 24.5 Å². The maximum absolute atomic E-state index is 9.67. The zero-order valence-corrected chi connectivity index (χ0v) is 39.6. The summed E-state index contributed by atoms with van der Waals surface area (Å²) in [5.41, 5.74) is 11.8. The quantitative estimate of drug-likeness (QED) is 0.145. The third-order valence-corrected chi connectivity index (χ3v) is 11.1. The number of nitrogens with zero attached hydrogens (tertiary/aromatic N) is 8. The minimum Gasteiger partial charge on any atom is -0.486 e. The summed E-state index contributed by atoms with van der Waals surface area (Å²) in [5, 5.41) is 11.4. The summed E-state index contributed by atoms with van der Waals surface area (Å²) in [6.45, 7) is 15.0. The summed E-state index contributed by atoms with van der Waals surface area (Å²) in [6.07, 6.45) is 1.79. The molecule has 0 amide bonds. The summed E-state index contributed by atoms with van der Waals surface area (Å²) in [5.74, 6) is 2.11. The zero-order valence-electron chi connectivity index (χ0n) is 37.3. The fourth-order valence-electron chi connectivity index (χ4n) is 7.90. The van der Waals surface area contributed by atoms with E-state index in [1.54, 1.807) is 6.20 Å². The van der Waals surface area contributed by atoms with Crippen molar-refractivity contribution >= 4 is 33.1 Å². The predicted molar refractivity (Wildman–Crippen MR) is 255 cm³/mol. The Hall–Kier alpha value is -7.18. The van der Waals surface area contributed by atoms with Crippen LogP contribution in [0.15, 0.2) is 144 Å². The molecule has 0 saturated carbocycles. The molecule has 10 heteroatoms. The Labute approximate surface area is 392 Å². The van der Waals surface area contributed by atoms with Gasteiger partial charge in [-0.25, -0.2) is 15.0 Å². The second kappa shape index (κ2) is 18.5. The monoisotopic (exact) mass is 1030 g/mol. The molecule has 0 aliphatic carbocycles. The SMILES string of the molecule is CC(C)c1cc(-c2ccccc2)cc(C(C)C)c1-n1c(-c2[c-]ccc3c2oc2nc(-c4nc(C#N)nc(C(C)(C)C)n4)ccc23)nc2ccccc21.[Ir].[c-]1ccccc1-c1ccccn1. The van der Waals surface area contributed by atoms with Crippen molar-refractivity contribution in [1.82, 2.24) is 34.5 Å². The molecule has 0 fully saturated rings. The van der Waals surface area contributed by atoms with E-state index in [0.29, 0.717) is 28.6 Å². The van der Waals surface area contributed by atoms with Gasteiger partial charge in [-0.15, -0.1) is 54.1 Å². The Morgan fingerprint density at radius 2 is 1.38 bits per heavy atom. The van der Waals surface area contributed by atoms with Crippen LogP contribution >= 0.6 is 0 Å². The molecule has 10 aromatic rings. The molecule has 0 saturated heterocycles. The standard InChI is InChI=1S/C44H38N7O.C11H8N.Ir/c1-25(2)32-22-28(27-14-9-8-10-15-27)23-33(26(3)4)38(32)51-36-19-12-11-18-34(36)46-41(51)31-17-13-16-29-30-20-21-35(47-42(30)52-39(29)31)40-48-37(24-45)49-43(50-40)44(5,6)7;1-2-6-10(7-3-1)11-8-4-5-9-12-11;/h8-16,18-23,25-26H,1-7H3;1-6,8-9H;/q2*-1;. The largest absolute Gasteiger partial charge is 0.486 e. The van der Waals surface area contributed by atoms with Crippen molar-refractivity contribution in [1.29, 1.82) is 5.26 Å². The fraction of sp³-hybridized carbons (Fsp3) is 0.182. The number of rotatable bonds is 7. The Balaban J connectivity index is 0.000000383. The van der Waals surface area contributed by atoms with Crippen LogP contribution in [0.4, 0.5) is 0 Å². The molecule has 5 heterocycles. The van der Waals surface area contributed by atoms with Gasteiger partial charge in [0.2, 0.25) is 11.5 Å². The molecule has 0 bridgehead atoms.